The van der Waals surface area contributed by atoms with Gasteiger partial charge in [0.15, 0.2) is 11.5 Å². The van der Waals surface area contributed by atoms with Gasteiger partial charge in [-0.05, 0) is 30.3 Å². The molecule has 0 fully saturated rings. The number of rotatable bonds is 6. The number of carboxylic acids is 1. The first kappa shape index (κ1) is 25.7. The van der Waals surface area contributed by atoms with E-state index in [0.717, 1.165) is 30.3 Å². The second-order valence-electron chi connectivity index (χ2n) is 7.89. The molecule has 6 nitrogen and oxygen atoms in total. The first-order valence-electron chi connectivity index (χ1n) is 10.7. The summed E-state index contributed by atoms with van der Waals surface area (Å²) < 4.78 is 53.5. The van der Waals surface area contributed by atoms with Gasteiger partial charge in [0.25, 0.3) is 5.91 Å². The third kappa shape index (κ3) is 5.22. The van der Waals surface area contributed by atoms with Gasteiger partial charge in [0, 0.05) is 29.5 Å². The summed E-state index contributed by atoms with van der Waals surface area (Å²) in [6, 6.07) is 6.60. The van der Waals surface area contributed by atoms with E-state index in [4.69, 9.17) is 32.7 Å². The van der Waals surface area contributed by atoms with Crippen LogP contribution >= 0.6 is 23.2 Å². The minimum absolute atomic E-state index is 0.0328. The van der Waals surface area contributed by atoms with Crippen molar-refractivity contribution in [3.8, 4) is 22.6 Å². The lowest BCUT2D eigenvalue weighted by Gasteiger charge is -2.20. The Kier molecular flexibility index (Phi) is 7.61. The third-order valence-electron chi connectivity index (χ3n) is 5.47. The predicted molar refractivity (Wildman–Crippen MR) is 126 cm³/mol. The number of carbonyl (C=O) groups is 2. The second-order valence-corrected chi connectivity index (χ2v) is 8.70. The number of aliphatic carboxylic acids is 1. The van der Waals surface area contributed by atoms with Gasteiger partial charge < -0.3 is 19.9 Å². The fraction of sp³-hybridized carbons (Fsp3) is 0.200. The van der Waals surface area contributed by atoms with Crippen LogP contribution in [0, 0.1) is 17.5 Å². The van der Waals surface area contributed by atoms with Crippen molar-refractivity contribution in [3.63, 3.8) is 0 Å². The van der Waals surface area contributed by atoms with Crippen LogP contribution in [0.15, 0.2) is 42.5 Å². The zero-order chi connectivity index (χ0) is 26.0. The van der Waals surface area contributed by atoms with Crippen LogP contribution < -0.4 is 14.8 Å². The van der Waals surface area contributed by atoms with Gasteiger partial charge in [-0.1, -0.05) is 35.3 Å². The fourth-order valence-electron chi connectivity index (χ4n) is 3.83. The maximum atomic E-state index is 14.0. The van der Waals surface area contributed by atoms with E-state index in [1.165, 1.54) is 6.07 Å². The fourth-order valence-corrected chi connectivity index (χ4v) is 4.50. The van der Waals surface area contributed by atoms with Crippen molar-refractivity contribution in [2.24, 2.45) is 0 Å². The van der Waals surface area contributed by atoms with Crippen molar-refractivity contribution >= 4 is 35.1 Å². The number of ether oxygens (including phenoxy) is 2. The zero-order valence-electron chi connectivity index (χ0n) is 18.4. The van der Waals surface area contributed by atoms with Gasteiger partial charge in [-0.25, -0.2) is 18.0 Å². The molecule has 0 radical (unpaired) electrons. The Hall–Kier alpha value is -3.43. The number of hydrogen-bond acceptors (Lipinski definition) is 4. The summed E-state index contributed by atoms with van der Waals surface area (Å²) in [6.07, 6.45) is 0.220. The van der Waals surface area contributed by atoms with E-state index in [1.54, 1.807) is 6.07 Å². The number of benzene rings is 3. The van der Waals surface area contributed by atoms with E-state index in [-0.39, 0.29) is 41.2 Å². The summed E-state index contributed by atoms with van der Waals surface area (Å²) in [5, 5.41) is 11.9. The largest absolute Gasteiger partial charge is 0.489 e. The molecule has 1 aliphatic rings. The van der Waals surface area contributed by atoms with Gasteiger partial charge in [0.05, 0.1) is 23.3 Å². The summed E-state index contributed by atoms with van der Waals surface area (Å²) in [6.45, 7) is 0.518. The summed E-state index contributed by atoms with van der Waals surface area (Å²) in [5.41, 5.74) is 0.144. The highest BCUT2D eigenvalue weighted by Crippen LogP contribution is 2.47. The molecule has 3 aromatic carbocycles. The van der Waals surface area contributed by atoms with Gasteiger partial charge in [-0.3, -0.25) is 4.79 Å². The molecule has 36 heavy (non-hydrogen) atoms. The number of halogens is 5. The Balaban J connectivity index is 1.72. The lowest BCUT2D eigenvalue weighted by Crippen LogP contribution is -2.43. The molecule has 1 amide bonds. The van der Waals surface area contributed by atoms with Crippen LogP contribution in [-0.4, -0.2) is 36.2 Å². The topological polar surface area (TPSA) is 84.9 Å². The normalized spacial score (nSPS) is 13.6. The van der Waals surface area contributed by atoms with Crippen LogP contribution in [0.2, 0.25) is 10.0 Å². The quantitative estimate of drug-likeness (QED) is 0.422. The van der Waals surface area contributed by atoms with Crippen molar-refractivity contribution in [2.75, 3.05) is 13.2 Å². The molecular formula is C25H18Cl2F3NO5. The lowest BCUT2D eigenvalue weighted by molar-refractivity contribution is -0.139. The van der Waals surface area contributed by atoms with Crippen LogP contribution in [0.4, 0.5) is 13.2 Å². The van der Waals surface area contributed by atoms with E-state index in [0.29, 0.717) is 23.1 Å². The number of carboxylic acid groups (broad SMARTS) is 1. The zero-order valence-corrected chi connectivity index (χ0v) is 19.9. The monoisotopic (exact) mass is 539 g/mol. The predicted octanol–water partition coefficient (Wildman–Crippen LogP) is 5.66. The molecule has 1 atom stereocenters. The van der Waals surface area contributed by atoms with E-state index in [2.05, 4.69) is 5.32 Å². The van der Waals surface area contributed by atoms with Crippen LogP contribution in [0.1, 0.15) is 22.3 Å². The van der Waals surface area contributed by atoms with E-state index in [1.807, 2.05) is 0 Å². The van der Waals surface area contributed by atoms with Gasteiger partial charge in [0.2, 0.25) is 0 Å². The molecule has 0 aliphatic carbocycles. The average molecular weight is 540 g/mol. The molecule has 4 rings (SSSR count). The molecule has 11 heteroatoms. The highest BCUT2D eigenvalue weighted by atomic mass is 35.5. The molecule has 2 N–H and O–H groups in total. The van der Waals surface area contributed by atoms with E-state index < -0.39 is 40.9 Å². The molecule has 1 unspecified atom stereocenters. The van der Waals surface area contributed by atoms with E-state index in [9.17, 15) is 27.9 Å². The standard InChI is InChI=1S/C25H18Cl2F3NO5/c26-15-10-13(28)11-16(27)20(15)14-6-5-12(22-23(14)36-8-2-7-35-22)9-19(25(33)34)31-24(32)21-17(29)3-1-4-18(21)30/h1,3-6,10-11,19H,2,7-9H2,(H,31,32)(H,33,34). The van der Waals surface area contributed by atoms with Gasteiger partial charge in [-0.2, -0.15) is 0 Å². The second kappa shape index (κ2) is 10.7. The van der Waals surface area contributed by atoms with Gasteiger partial charge >= 0.3 is 5.97 Å². The third-order valence-corrected chi connectivity index (χ3v) is 6.06. The minimum atomic E-state index is -1.56. The van der Waals surface area contributed by atoms with Crippen LogP contribution in [0.5, 0.6) is 11.5 Å². The Bertz CT molecular complexity index is 1310. The Morgan fingerprint density at radius 3 is 2.19 bits per heavy atom. The maximum Gasteiger partial charge on any atom is 0.326 e. The summed E-state index contributed by atoms with van der Waals surface area (Å²) in [5.74, 6) is -5.12. The van der Waals surface area contributed by atoms with Gasteiger partial charge in [0.1, 0.15) is 29.1 Å². The van der Waals surface area contributed by atoms with Crippen LogP contribution in [0.3, 0.4) is 0 Å². The first-order chi connectivity index (χ1) is 17.2. The number of carbonyl (C=O) groups excluding carboxylic acids is 1. The number of nitrogens with one attached hydrogen (secondary N) is 1. The number of fused-ring (bicyclic) bond motifs is 1. The van der Waals surface area contributed by atoms with Crippen molar-refractivity contribution in [3.05, 3.63) is 81.1 Å². The van der Waals surface area contributed by atoms with Crippen LogP contribution in [-0.2, 0) is 11.2 Å². The SMILES string of the molecule is O=C(NC(Cc1ccc(-c2c(Cl)cc(F)cc2Cl)c2c1OCCCO2)C(=O)O)c1c(F)cccc1F. The smallest absolute Gasteiger partial charge is 0.326 e. The van der Waals surface area contributed by atoms with Gasteiger partial charge in [-0.15, -0.1) is 0 Å². The highest BCUT2D eigenvalue weighted by Gasteiger charge is 2.29. The molecule has 1 heterocycles. The molecular weight excluding hydrogens is 522 g/mol. The Morgan fingerprint density at radius 1 is 0.972 bits per heavy atom. The number of amides is 1. The van der Waals surface area contributed by atoms with E-state index >= 15 is 0 Å². The Labute approximate surface area is 213 Å². The summed E-state index contributed by atoms with van der Waals surface area (Å²) in [7, 11) is 0. The lowest BCUT2D eigenvalue weighted by atomic mass is 9.97. The molecule has 188 valence electrons. The van der Waals surface area contributed by atoms with Crippen molar-refractivity contribution in [1.82, 2.24) is 5.32 Å². The molecule has 1 aliphatic heterocycles. The molecule has 0 aromatic heterocycles. The molecule has 0 spiro atoms. The highest BCUT2D eigenvalue weighted by molar-refractivity contribution is 6.39. The maximum absolute atomic E-state index is 14.0. The summed E-state index contributed by atoms with van der Waals surface area (Å²) in [4.78, 5) is 24.4. The average Bonchev–Trinajstić information content (AvgIpc) is 3.05. The molecule has 0 saturated carbocycles. The van der Waals surface area contributed by atoms with Crippen LogP contribution in [0.25, 0.3) is 11.1 Å². The molecule has 0 saturated heterocycles. The van der Waals surface area contributed by atoms with Crippen molar-refractivity contribution in [1.29, 1.82) is 0 Å². The first-order valence-corrected chi connectivity index (χ1v) is 11.5. The van der Waals surface area contributed by atoms with Crippen molar-refractivity contribution < 1.29 is 37.3 Å². The molecule has 3 aromatic rings. The summed E-state index contributed by atoms with van der Waals surface area (Å²) >= 11 is 12.5. The van der Waals surface area contributed by atoms with Crippen molar-refractivity contribution in [2.45, 2.75) is 18.9 Å². The molecule has 0 bridgehead atoms. The minimum Gasteiger partial charge on any atom is -0.489 e. The number of hydrogen-bond donors (Lipinski definition) is 2. The Morgan fingerprint density at radius 2 is 1.58 bits per heavy atom.